The van der Waals surface area contributed by atoms with Crippen molar-refractivity contribution in [1.82, 2.24) is 4.90 Å². The SMILES string of the molecule is CCCCC[N+](CC)c1ccccc1. The highest BCUT2D eigenvalue weighted by Crippen LogP contribution is 2.13. The number of benzene rings is 1. The Balaban J connectivity index is 2.46. The standard InChI is InChI=1S/C13H21N/c1-3-5-9-12-14(4-2)13-10-7-6-8-11-13/h6-8,10-11H,3-5,9,12H2,1-2H3/q+1. The molecule has 77 valence electrons. The van der Waals surface area contributed by atoms with E-state index in [0.29, 0.717) is 0 Å². The molecule has 0 fully saturated rings. The fraction of sp³-hybridized carbons (Fsp3) is 0.538. The van der Waals surface area contributed by atoms with E-state index >= 15 is 0 Å². The molecule has 0 unspecified atom stereocenters. The lowest BCUT2D eigenvalue weighted by Crippen LogP contribution is -2.25. The van der Waals surface area contributed by atoms with Gasteiger partial charge in [0.05, 0.1) is 0 Å². The zero-order valence-electron chi connectivity index (χ0n) is 9.37. The molecule has 0 aliphatic heterocycles. The fourth-order valence-corrected chi connectivity index (χ4v) is 1.66. The molecule has 1 radical (unpaired) electrons. The predicted octanol–water partition coefficient (Wildman–Crippen LogP) is 3.67. The largest absolute Gasteiger partial charge is 0.180 e. The van der Waals surface area contributed by atoms with Gasteiger partial charge < -0.3 is 0 Å². The normalized spacial score (nSPS) is 10.8. The molecule has 0 heterocycles. The van der Waals surface area contributed by atoms with Gasteiger partial charge >= 0.3 is 0 Å². The van der Waals surface area contributed by atoms with Crippen LogP contribution in [0.5, 0.6) is 0 Å². The van der Waals surface area contributed by atoms with Crippen molar-refractivity contribution in [2.24, 2.45) is 0 Å². The number of nitrogens with zero attached hydrogens (tertiary/aromatic N) is 1. The summed E-state index contributed by atoms with van der Waals surface area (Å²) >= 11 is 0. The average molecular weight is 191 g/mol. The van der Waals surface area contributed by atoms with Crippen molar-refractivity contribution >= 4 is 5.69 Å². The van der Waals surface area contributed by atoms with Gasteiger partial charge in [0.1, 0.15) is 13.1 Å². The van der Waals surface area contributed by atoms with E-state index in [1.54, 1.807) is 0 Å². The Morgan fingerprint density at radius 2 is 1.71 bits per heavy atom. The van der Waals surface area contributed by atoms with Crippen LogP contribution in [0.3, 0.4) is 0 Å². The molecular formula is C13H21N+. The fourth-order valence-electron chi connectivity index (χ4n) is 1.66. The first kappa shape index (κ1) is 11.3. The summed E-state index contributed by atoms with van der Waals surface area (Å²) in [6.45, 7) is 6.76. The van der Waals surface area contributed by atoms with Gasteiger partial charge in [-0.15, -0.1) is 4.90 Å². The van der Waals surface area contributed by atoms with Crippen LogP contribution in [0.25, 0.3) is 0 Å². The topological polar surface area (TPSA) is 5.90 Å². The number of para-hydroxylation sites is 1. The highest BCUT2D eigenvalue weighted by molar-refractivity contribution is 5.37. The van der Waals surface area contributed by atoms with Crippen LogP contribution >= 0.6 is 0 Å². The molecule has 1 aromatic rings. The monoisotopic (exact) mass is 191 g/mol. The lowest BCUT2D eigenvalue weighted by molar-refractivity contribution is 0.520. The highest BCUT2D eigenvalue weighted by Gasteiger charge is 2.13. The van der Waals surface area contributed by atoms with Crippen LogP contribution in [0.15, 0.2) is 30.3 Å². The van der Waals surface area contributed by atoms with E-state index in [4.69, 9.17) is 0 Å². The molecule has 0 bridgehead atoms. The summed E-state index contributed by atoms with van der Waals surface area (Å²) < 4.78 is 0. The summed E-state index contributed by atoms with van der Waals surface area (Å²) in [5.74, 6) is 0. The maximum Gasteiger partial charge on any atom is 0.180 e. The molecule has 14 heavy (non-hydrogen) atoms. The van der Waals surface area contributed by atoms with E-state index in [9.17, 15) is 0 Å². The molecule has 1 aromatic carbocycles. The zero-order chi connectivity index (χ0) is 10.2. The molecule has 0 amide bonds. The molecule has 1 heteroatoms. The second kappa shape index (κ2) is 6.61. The molecule has 0 saturated heterocycles. The number of hydrogen-bond acceptors (Lipinski definition) is 1. The van der Waals surface area contributed by atoms with E-state index in [1.807, 2.05) is 0 Å². The molecule has 0 atom stereocenters. The lowest BCUT2D eigenvalue weighted by Gasteiger charge is -2.08. The van der Waals surface area contributed by atoms with E-state index in [-0.39, 0.29) is 0 Å². The van der Waals surface area contributed by atoms with Crippen molar-refractivity contribution in [2.75, 3.05) is 13.1 Å². The third-order valence-corrected chi connectivity index (χ3v) is 2.53. The third-order valence-electron chi connectivity index (χ3n) is 2.53. The van der Waals surface area contributed by atoms with Crippen molar-refractivity contribution in [3.8, 4) is 0 Å². The summed E-state index contributed by atoms with van der Waals surface area (Å²) in [5, 5.41) is 0. The Bertz CT molecular complexity index is 230. The predicted molar refractivity (Wildman–Crippen MR) is 63.2 cm³/mol. The zero-order valence-corrected chi connectivity index (χ0v) is 9.37. The number of unbranched alkanes of at least 4 members (excludes halogenated alkanes) is 2. The van der Waals surface area contributed by atoms with Gasteiger partial charge in [-0.1, -0.05) is 31.5 Å². The van der Waals surface area contributed by atoms with Crippen molar-refractivity contribution in [1.29, 1.82) is 0 Å². The Kier molecular flexibility index (Phi) is 5.31. The van der Waals surface area contributed by atoms with Crippen molar-refractivity contribution in [2.45, 2.75) is 33.1 Å². The van der Waals surface area contributed by atoms with Crippen LogP contribution in [-0.4, -0.2) is 13.1 Å². The van der Waals surface area contributed by atoms with Crippen LogP contribution in [0, 0.1) is 0 Å². The molecular weight excluding hydrogens is 170 g/mol. The van der Waals surface area contributed by atoms with E-state index in [1.165, 1.54) is 31.5 Å². The molecule has 1 nitrogen and oxygen atoms in total. The van der Waals surface area contributed by atoms with Crippen molar-refractivity contribution in [3.05, 3.63) is 30.3 Å². The maximum atomic E-state index is 2.44. The van der Waals surface area contributed by atoms with Gasteiger partial charge in [0.15, 0.2) is 5.69 Å². The number of rotatable bonds is 6. The minimum absolute atomic E-state index is 1.10. The third kappa shape index (κ3) is 3.51. The quantitative estimate of drug-likeness (QED) is 0.478. The Morgan fingerprint density at radius 3 is 2.29 bits per heavy atom. The first-order valence-corrected chi connectivity index (χ1v) is 5.68. The second-order valence-electron chi connectivity index (χ2n) is 3.62. The summed E-state index contributed by atoms with van der Waals surface area (Å²) in [7, 11) is 0. The first-order valence-electron chi connectivity index (χ1n) is 5.68. The van der Waals surface area contributed by atoms with Crippen LogP contribution in [0.2, 0.25) is 0 Å². The highest BCUT2D eigenvalue weighted by atomic mass is 15.1. The maximum absolute atomic E-state index is 2.44. The Morgan fingerprint density at radius 1 is 1.00 bits per heavy atom. The van der Waals surface area contributed by atoms with Gasteiger partial charge in [0, 0.05) is 18.6 Å². The summed E-state index contributed by atoms with van der Waals surface area (Å²) in [5.41, 5.74) is 1.35. The van der Waals surface area contributed by atoms with Crippen LogP contribution < -0.4 is 4.90 Å². The Hall–Kier alpha value is -0.820. The molecule has 1 rings (SSSR count). The molecule has 0 saturated carbocycles. The van der Waals surface area contributed by atoms with Gasteiger partial charge in [-0.25, -0.2) is 0 Å². The van der Waals surface area contributed by atoms with E-state index in [0.717, 1.165) is 6.54 Å². The minimum atomic E-state index is 1.10. The minimum Gasteiger partial charge on any atom is -0.135 e. The molecule has 0 aliphatic rings. The smallest absolute Gasteiger partial charge is 0.135 e. The summed E-state index contributed by atoms with van der Waals surface area (Å²) in [6, 6.07) is 10.7. The van der Waals surface area contributed by atoms with Gasteiger partial charge in [-0.05, 0) is 13.3 Å². The molecule has 0 aliphatic carbocycles. The van der Waals surface area contributed by atoms with Crippen LogP contribution in [-0.2, 0) is 0 Å². The first-order chi connectivity index (χ1) is 6.88. The Labute approximate surface area is 87.7 Å². The number of hydrogen-bond donors (Lipinski definition) is 0. The van der Waals surface area contributed by atoms with Gasteiger partial charge in [-0.3, -0.25) is 0 Å². The van der Waals surface area contributed by atoms with Gasteiger partial charge in [0.2, 0.25) is 0 Å². The molecule has 0 N–H and O–H groups in total. The lowest BCUT2D eigenvalue weighted by atomic mass is 10.2. The van der Waals surface area contributed by atoms with E-state index in [2.05, 4.69) is 49.1 Å². The van der Waals surface area contributed by atoms with Gasteiger partial charge in [0.25, 0.3) is 0 Å². The van der Waals surface area contributed by atoms with E-state index < -0.39 is 0 Å². The second-order valence-corrected chi connectivity index (χ2v) is 3.62. The number of anilines is 1. The van der Waals surface area contributed by atoms with Crippen molar-refractivity contribution < 1.29 is 0 Å². The van der Waals surface area contributed by atoms with Gasteiger partial charge in [-0.2, -0.15) is 0 Å². The average Bonchev–Trinajstić information content (AvgIpc) is 2.26. The van der Waals surface area contributed by atoms with Crippen molar-refractivity contribution in [3.63, 3.8) is 0 Å². The summed E-state index contributed by atoms with van der Waals surface area (Å²) in [4.78, 5) is 2.44. The molecule has 0 spiro atoms. The molecule has 0 aromatic heterocycles. The van der Waals surface area contributed by atoms with Crippen LogP contribution in [0.1, 0.15) is 33.1 Å². The summed E-state index contributed by atoms with van der Waals surface area (Å²) in [6.07, 6.45) is 3.94. The van der Waals surface area contributed by atoms with Crippen LogP contribution in [0.4, 0.5) is 5.69 Å².